The molecule has 0 aliphatic carbocycles. The Bertz CT molecular complexity index is 293. The number of hydrogen-bond donors (Lipinski definition) is 0. The molecule has 2 heteroatoms. The quantitative estimate of drug-likeness (QED) is 0.628. The second-order valence-electron chi connectivity index (χ2n) is 3.89. The monoisotopic (exact) mass is 220 g/mol. The van der Waals surface area contributed by atoms with Gasteiger partial charge in [0.2, 0.25) is 0 Å². The minimum Gasteiger partial charge on any atom is -0.377 e. The highest BCUT2D eigenvalue weighted by molar-refractivity contribution is 5.77. The van der Waals surface area contributed by atoms with Gasteiger partial charge in [0.1, 0.15) is 5.78 Å². The lowest BCUT2D eigenvalue weighted by Crippen LogP contribution is -1.98. The van der Waals surface area contributed by atoms with Gasteiger partial charge in [-0.3, -0.25) is 4.79 Å². The normalized spacial score (nSPS) is 10.3. The van der Waals surface area contributed by atoms with Crippen LogP contribution in [0, 0.1) is 0 Å². The zero-order valence-corrected chi connectivity index (χ0v) is 9.95. The Balaban J connectivity index is 1.98. The fourth-order valence-corrected chi connectivity index (χ4v) is 1.47. The SMILES string of the molecule is CCC(=O)CCCCOCc1ccccc1. The van der Waals surface area contributed by atoms with E-state index in [9.17, 15) is 4.79 Å². The molecule has 1 rings (SSSR count). The maximum Gasteiger partial charge on any atom is 0.132 e. The van der Waals surface area contributed by atoms with Crippen LogP contribution in [0.4, 0.5) is 0 Å². The maximum atomic E-state index is 11.0. The van der Waals surface area contributed by atoms with Gasteiger partial charge in [0.05, 0.1) is 6.61 Å². The molecule has 0 aliphatic rings. The van der Waals surface area contributed by atoms with E-state index < -0.39 is 0 Å². The highest BCUT2D eigenvalue weighted by Crippen LogP contribution is 2.03. The highest BCUT2D eigenvalue weighted by atomic mass is 16.5. The summed E-state index contributed by atoms with van der Waals surface area (Å²) in [5.74, 6) is 0.350. The van der Waals surface area contributed by atoms with E-state index >= 15 is 0 Å². The molecule has 1 aromatic carbocycles. The second kappa shape index (κ2) is 8.05. The van der Waals surface area contributed by atoms with Gasteiger partial charge in [0, 0.05) is 19.4 Å². The first-order chi connectivity index (χ1) is 7.83. The smallest absolute Gasteiger partial charge is 0.132 e. The maximum absolute atomic E-state index is 11.0. The van der Waals surface area contributed by atoms with Gasteiger partial charge in [-0.15, -0.1) is 0 Å². The zero-order valence-electron chi connectivity index (χ0n) is 9.95. The predicted molar refractivity (Wildman–Crippen MR) is 65.2 cm³/mol. The molecule has 0 atom stereocenters. The van der Waals surface area contributed by atoms with Gasteiger partial charge in [-0.05, 0) is 18.4 Å². The number of ether oxygens (including phenoxy) is 1. The number of ketones is 1. The number of carbonyl (C=O) groups is 1. The van der Waals surface area contributed by atoms with E-state index in [2.05, 4.69) is 12.1 Å². The molecule has 0 unspecified atom stereocenters. The Labute approximate surface area is 97.6 Å². The van der Waals surface area contributed by atoms with Gasteiger partial charge in [0.15, 0.2) is 0 Å². The molecule has 0 saturated heterocycles. The average Bonchev–Trinajstić information content (AvgIpc) is 2.34. The van der Waals surface area contributed by atoms with Gasteiger partial charge in [-0.2, -0.15) is 0 Å². The van der Waals surface area contributed by atoms with Crippen molar-refractivity contribution in [2.75, 3.05) is 6.61 Å². The minimum atomic E-state index is 0.350. The van der Waals surface area contributed by atoms with Crippen LogP contribution in [0.25, 0.3) is 0 Å². The summed E-state index contributed by atoms with van der Waals surface area (Å²) in [6.45, 7) is 3.32. The Morgan fingerprint density at radius 3 is 2.62 bits per heavy atom. The van der Waals surface area contributed by atoms with Crippen LogP contribution in [0.1, 0.15) is 38.2 Å². The number of Topliss-reactive ketones (excluding diaryl/α,β-unsaturated/α-hetero) is 1. The molecule has 1 aromatic rings. The summed E-state index contributed by atoms with van der Waals surface area (Å²) < 4.78 is 5.52. The van der Waals surface area contributed by atoms with E-state index in [4.69, 9.17) is 4.74 Å². The van der Waals surface area contributed by atoms with Crippen molar-refractivity contribution >= 4 is 5.78 Å². The summed E-state index contributed by atoms with van der Waals surface area (Å²) in [6.07, 6.45) is 3.27. The summed E-state index contributed by atoms with van der Waals surface area (Å²) in [5, 5.41) is 0. The first-order valence-electron chi connectivity index (χ1n) is 5.96. The molecular formula is C14H20O2. The third kappa shape index (κ3) is 5.66. The molecule has 0 N–H and O–H groups in total. The lowest BCUT2D eigenvalue weighted by molar-refractivity contribution is -0.118. The van der Waals surface area contributed by atoms with E-state index in [-0.39, 0.29) is 0 Å². The molecular weight excluding hydrogens is 200 g/mol. The Kier molecular flexibility index (Phi) is 6.50. The van der Waals surface area contributed by atoms with E-state index in [0.717, 1.165) is 19.4 Å². The lowest BCUT2D eigenvalue weighted by atomic mass is 10.1. The van der Waals surface area contributed by atoms with Gasteiger partial charge < -0.3 is 4.74 Å². The molecule has 0 saturated carbocycles. The van der Waals surface area contributed by atoms with E-state index in [1.807, 2.05) is 25.1 Å². The topological polar surface area (TPSA) is 26.3 Å². The summed E-state index contributed by atoms with van der Waals surface area (Å²) >= 11 is 0. The minimum absolute atomic E-state index is 0.350. The van der Waals surface area contributed by atoms with Gasteiger partial charge in [-0.1, -0.05) is 37.3 Å². The van der Waals surface area contributed by atoms with Gasteiger partial charge in [-0.25, -0.2) is 0 Å². The molecule has 0 aliphatic heterocycles. The van der Waals surface area contributed by atoms with Gasteiger partial charge >= 0.3 is 0 Å². The van der Waals surface area contributed by atoms with Crippen molar-refractivity contribution in [3.8, 4) is 0 Å². The fraction of sp³-hybridized carbons (Fsp3) is 0.500. The fourth-order valence-electron chi connectivity index (χ4n) is 1.47. The van der Waals surface area contributed by atoms with Crippen molar-refractivity contribution in [1.29, 1.82) is 0 Å². The predicted octanol–water partition coefficient (Wildman–Crippen LogP) is 3.35. The van der Waals surface area contributed by atoms with Crippen LogP contribution >= 0.6 is 0 Å². The van der Waals surface area contributed by atoms with Crippen LogP contribution in [0.2, 0.25) is 0 Å². The van der Waals surface area contributed by atoms with Crippen molar-refractivity contribution in [2.45, 2.75) is 39.2 Å². The molecule has 0 amide bonds. The number of benzene rings is 1. The Morgan fingerprint density at radius 2 is 1.94 bits per heavy atom. The van der Waals surface area contributed by atoms with Gasteiger partial charge in [0.25, 0.3) is 0 Å². The van der Waals surface area contributed by atoms with Crippen LogP contribution in [0.3, 0.4) is 0 Å². The molecule has 0 heterocycles. The number of hydrogen-bond acceptors (Lipinski definition) is 2. The van der Waals surface area contributed by atoms with Crippen LogP contribution in [0.5, 0.6) is 0 Å². The van der Waals surface area contributed by atoms with Crippen molar-refractivity contribution in [1.82, 2.24) is 0 Å². The standard InChI is InChI=1S/C14H20O2/c1-2-14(15)10-6-7-11-16-12-13-8-4-3-5-9-13/h3-5,8-9H,2,6-7,10-12H2,1H3. The number of rotatable bonds is 8. The number of carbonyl (C=O) groups excluding carboxylic acids is 1. The largest absolute Gasteiger partial charge is 0.377 e. The molecule has 88 valence electrons. The van der Waals surface area contributed by atoms with Crippen LogP contribution in [-0.4, -0.2) is 12.4 Å². The van der Waals surface area contributed by atoms with Crippen LogP contribution < -0.4 is 0 Å². The Hall–Kier alpha value is -1.15. The summed E-state index contributed by atoms with van der Waals surface area (Å²) in [7, 11) is 0. The molecule has 2 nitrogen and oxygen atoms in total. The van der Waals surface area contributed by atoms with E-state index in [1.54, 1.807) is 0 Å². The summed E-state index contributed by atoms with van der Waals surface area (Å²) in [5.41, 5.74) is 1.20. The molecule has 0 fully saturated rings. The third-order valence-corrected chi connectivity index (χ3v) is 2.50. The number of unbranched alkanes of at least 4 members (excludes halogenated alkanes) is 1. The second-order valence-corrected chi connectivity index (χ2v) is 3.89. The first kappa shape index (κ1) is 12.9. The Morgan fingerprint density at radius 1 is 1.19 bits per heavy atom. The van der Waals surface area contributed by atoms with Crippen molar-refractivity contribution in [2.24, 2.45) is 0 Å². The summed E-state index contributed by atoms with van der Waals surface area (Å²) in [4.78, 5) is 11.0. The lowest BCUT2D eigenvalue weighted by Gasteiger charge is -2.03. The van der Waals surface area contributed by atoms with Crippen LogP contribution in [-0.2, 0) is 16.1 Å². The zero-order chi connectivity index (χ0) is 11.6. The van der Waals surface area contributed by atoms with Crippen molar-refractivity contribution < 1.29 is 9.53 Å². The highest BCUT2D eigenvalue weighted by Gasteiger charge is 1.97. The third-order valence-electron chi connectivity index (χ3n) is 2.50. The average molecular weight is 220 g/mol. The van der Waals surface area contributed by atoms with Crippen LogP contribution in [0.15, 0.2) is 30.3 Å². The first-order valence-corrected chi connectivity index (χ1v) is 5.96. The molecule has 0 aromatic heterocycles. The molecule has 0 radical (unpaired) electrons. The van der Waals surface area contributed by atoms with Crippen molar-refractivity contribution in [3.63, 3.8) is 0 Å². The van der Waals surface area contributed by atoms with Crippen molar-refractivity contribution in [3.05, 3.63) is 35.9 Å². The molecule has 16 heavy (non-hydrogen) atoms. The summed E-state index contributed by atoms with van der Waals surface area (Å²) in [6, 6.07) is 10.1. The molecule has 0 spiro atoms. The van der Waals surface area contributed by atoms with E-state index in [1.165, 1.54) is 5.56 Å². The van der Waals surface area contributed by atoms with E-state index in [0.29, 0.717) is 25.2 Å². The molecule has 0 bridgehead atoms.